The number of aromatic nitrogens is 2. The third-order valence-electron chi connectivity index (χ3n) is 4.18. The normalized spacial score (nSPS) is 16.3. The molecule has 1 heterocycles. The van der Waals surface area contributed by atoms with E-state index in [4.69, 9.17) is 15.6 Å². The molecule has 1 fully saturated rings. The molecule has 5 heteroatoms. The third kappa shape index (κ3) is 2.50. The third-order valence-corrected chi connectivity index (χ3v) is 4.18. The summed E-state index contributed by atoms with van der Waals surface area (Å²) in [4.78, 5) is 9.31. The maximum absolute atomic E-state index is 5.54. The summed E-state index contributed by atoms with van der Waals surface area (Å²) in [5.74, 6) is 7.01. The lowest BCUT2D eigenvalue weighted by atomic mass is 9.64. The first kappa shape index (κ1) is 14.0. The molecule has 110 valence electrons. The fourth-order valence-corrected chi connectivity index (χ4v) is 2.94. The van der Waals surface area contributed by atoms with E-state index in [9.17, 15) is 0 Å². The van der Waals surface area contributed by atoms with Crippen LogP contribution in [0.5, 0.6) is 0 Å². The van der Waals surface area contributed by atoms with Crippen LogP contribution >= 0.6 is 0 Å². The summed E-state index contributed by atoms with van der Waals surface area (Å²) in [6.07, 6.45) is 3.33. The first-order valence-electron chi connectivity index (χ1n) is 7.18. The topological polar surface area (TPSA) is 73.1 Å². The molecular formula is C16H20N4O. The summed E-state index contributed by atoms with van der Waals surface area (Å²) < 4.78 is 5.19. The maximum Gasteiger partial charge on any atom is 0.144 e. The highest BCUT2D eigenvalue weighted by molar-refractivity contribution is 5.41. The lowest BCUT2D eigenvalue weighted by Crippen LogP contribution is -2.38. The van der Waals surface area contributed by atoms with E-state index in [1.165, 1.54) is 12.0 Å². The van der Waals surface area contributed by atoms with Crippen LogP contribution in [-0.2, 0) is 16.8 Å². The van der Waals surface area contributed by atoms with E-state index in [1.54, 1.807) is 7.11 Å². The lowest BCUT2D eigenvalue weighted by molar-refractivity contribution is 0.180. The molecule has 0 unspecified atom stereocenters. The maximum atomic E-state index is 5.54. The van der Waals surface area contributed by atoms with Crippen LogP contribution in [-0.4, -0.2) is 17.1 Å². The van der Waals surface area contributed by atoms with Crippen LogP contribution in [0.2, 0.25) is 0 Å². The Morgan fingerprint density at radius 1 is 1.24 bits per heavy atom. The molecule has 0 amide bonds. The van der Waals surface area contributed by atoms with Crippen molar-refractivity contribution in [3.63, 3.8) is 0 Å². The van der Waals surface area contributed by atoms with E-state index in [1.807, 2.05) is 12.1 Å². The number of nitrogens with zero attached hydrogens (tertiary/aromatic N) is 2. The average molecular weight is 284 g/mol. The van der Waals surface area contributed by atoms with Crippen LogP contribution in [0.1, 0.15) is 36.3 Å². The zero-order chi connectivity index (χ0) is 14.7. The number of hydrogen-bond acceptors (Lipinski definition) is 5. The minimum absolute atomic E-state index is 0.0867. The summed E-state index contributed by atoms with van der Waals surface area (Å²) in [5, 5.41) is 0. The van der Waals surface area contributed by atoms with Crippen LogP contribution in [0.25, 0.3) is 0 Å². The monoisotopic (exact) mass is 284 g/mol. The number of nitrogens with two attached hydrogens (primary N) is 1. The van der Waals surface area contributed by atoms with Gasteiger partial charge in [-0.15, -0.1) is 0 Å². The fraction of sp³-hybridized carbons (Fsp3) is 0.375. The highest BCUT2D eigenvalue weighted by Gasteiger charge is 2.43. The van der Waals surface area contributed by atoms with Gasteiger partial charge in [-0.1, -0.05) is 36.8 Å². The van der Waals surface area contributed by atoms with Crippen molar-refractivity contribution in [3.05, 3.63) is 53.5 Å². The van der Waals surface area contributed by atoms with Gasteiger partial charge < -0.3 is 10.2 Å². The van der Waals surface area contributed by atoms with Crippen molar-refractivity contribution in [1.82, 2.24) is 9.97 Å². The molecule has 0 radical (unpaired) electrons. The van der Waals surface area contributed by atoms with Crippen LogP contribution in [0.15, 0.2) is 36.4 Å². The number of benzene rings is 1. The number of ether oxygens (including phenoxy) is 1. The van der Waals surface area contributed by atoms with Crippen molar-refractivity contribution in [1.29, 1.82) is 0 Å². The van der Waals surface area contributed by atoms with E-state index < -0.39 is 0 Å². The number of anilines is 1. The molecule has 0 spiro atoms. The number of nitrogens with one attached hydrogen (secondary N) is 1. The van der Waals surface area contributed by atoms with Gasteiger partial charge in [0.1, 0.15) is 11.6 Å². The van der Waals surface area contributed by atoms with Gasteiger partial charge in [-0.05, 0) is 18.4 Å². The Hall–Kier alpha value is -1.98. The predicted octanol–water partition coefficient (Wildman–Crippen LogP) is 2.38. The Labute approximate surface area is 124 Å². The van der Waals surface area contributed by atoms with Crippen LogP contribution in [0, 0.1) is 0 Å². The predicted molar refractivity (Wildman–Crippen MR) is 81.6 cm³/mol. The van der Waals surface area contributed by atoms with Gasteiger partial charge in [0, 0.05) is 13.2 Å². The van der Waals surface area contributed by atoms with Crippen molar-refractivity contribution < 1.29 is 4.74 Å². The Balaban J connectivity index is 2.06. The molecule has 5 nitrogen and oxygen atoms in total. The molecule has 1 saturated carbocycles. The van der Waals surface area contributed by atoms with Crippen LogP contribution < -0.4 is 11.3 Å². The standard InChI is InChI=1S/C16H20N4O/c1-21-11-13-10-14(20-17)19-15(18-13)16(8-5-9-16)12-6-3-2-4-7-12/h2-4,6-7,10H,5,8-9,11,17H2,1H3,(H,18,19,20). The van der Waals surface area contributed by atoms with Gasteiger partial charge in [0.25, 0.3) is 0 Å². The molecule has 1 aliphatic rings. The molecule has 1 aromatic carbocycles. The molecule has 0 bridgehead atoms. The molecule has 3 rings (SSSR count). The molecule has 0 aliphatic heterocycles. The van der Waals surface area contributed by atoms with Gasteiger partial charge in [0.15, 0.2) is 0 Å². The van der Waals surface area contributed by atoms with Gasteiger partial charge in [0.05, 0.1) is 17.7 Å². The van der Waals surface area contributed by atoms with E-state index >= 15 is 0 Å². The number of rotatable bonds is 5. The van der Waals surface area contributed by atoms with E-state index in [-0.39, 0.29) is 5.41 Å². The van der Waals surface area contributed by atoms with Crippen molar-refractivity contribution in [2.24, 2.45) is 5.84 Å². The van der Waals surface area contributed by atoms with Crippen molar-refractivity contribution >= 4 is 5.82 Å². The summed E-state index contributed by atoms with van der Waals surface area (Å²) >= 11 is 0. The molecular weight excluding hydrogens is 264 g/mol. The Kier molecular flexibility index (Phi) is 3.86. The second-order valence-electron chi connectivity index (χ2n) is 5.45. The van der Waals surface area contributed by atoms with E-state index in [0.29, 0.717) is 12.4 Å². The molecule has 21 heavy (non-hydrogen) atoms. The Bertz CT molecular complexity index is 611. The molecule has 0 atom stereocenters. The smallest absolute Gasteiger partial charge is 0.144 e. The van der Waals surface area contributed by atoms with Crippen molar-refractivity contribution in [2.75, 3.05) is 12.5 Å². The molecule has 3 N–H and O–H groups in total. The lowest BCUT2D eigenvalue weighted by Gasteiger charge is -2.41. The minimum atomic E-state index is -0.0867. The Morgan fingerprint density at radius 2 is 2.00 bits per heavy atom. The second kappa shape index (κ2) is 5.79. The SMILES string of the molecule is COCc1cc(NN)nc(C2(c3ccccc3)CCC2)n1. The quantitative estimate of drug-likeness (QED) is 0.651. The first-order valence-corrected chi connectivity index (χ1v) is 7.18. The van der Waals surface area contributed by atoms with E-state index in [2.05, 4.69) is 34.7 Å². The summed E-state index contributed by atoms with van der Waals surface area (Å²) in [7, 11) is 1.66. The van der Waals surface area contributed by atoms with Crippen LogP contribution in [0.3, 0.4) is 0 Å². The molecule has 0 saturated heterocycles. The zero-order valence-electron chi connectivity index (χ0n) is 12.2. The minimum Gasteiger partial charge on any atom is -0.378 e. The molecule has 2 aromatic rings. The number of nitrogen functional groups attached to an aromatic ring is 1. The zero-order valence-corrected chi connectivity index (χ0v) is 12.2. The van der Waals surface area contributed by atoms with Gasteiger partial charge in [-0.3, -0.25) is 0 Å². The molecule has 1 aliphatic carbocycles. The summed E-state index contributed by atoms with van der Waals surface area (Å²) in [6, 6.07) is 12.3. The van der Waals surface area contributed by atoms with Crippen molar-refractivity contribution in [2.45, 2.75) is 31.3 Å². The largest absolute Gasteiger partial charge is 0.378 e. The summed E-state index contributed by atoms with van der Waals surface area (Å²) in [6.45, 7) is 0.453. The highest BCUT2D eigenvalue weighted by atomic mass is 16.5. The summed E-state index contributed by atoms with van der Waals surface area (Å²) in [5.41, 5.74) is 4.66. The number of hydrazine groups is 1. The van der Waals surface area contributed by atoms with Gasteiger partial charge in [0.2, 0.25) is 0 Å². The van der Waals surface area contributed by atoms with Crippen LogP contribution in [0.4, 0.5) is 5.82 Å². The Morgan fingerprint density at radius 3 is 2.57 bits per heavy atom. The fourth-order valence-electron chi connectivity index (χ4n) is 2.94. The van der Waals surface area contributed by atoms with E-state index in [0.717, 1.165) is 24.4 Å². The highest BCUT2D eigenvalue weighted by Crippen LogP contribution is 2.47. The molecule has 1 aromatic heterocycles. The first-order chi connectivity index (χ1) is 10.3. The average Bonchev–Trinajstić information content (AvgIpc) is 2.47. The van der Waals surface area contributed by atoms with Crippen molar-refractivity contribution in [3.8, 4) is 0 Å². The van der Waals surface area contributed by atoms with Gasteiger partial charge in [-0.25, -0.2) is 15.8 Å². The second-order valence-corrected chi connectivity index (χ2v) is 5.45. The number of methoxy groups -OCH3 is 1. The number of hydrogen-bond donors (Lipinski definition) is 2. The van der Waals surface area contributed by atoms with Gasteiger partial charge >= 0.3 is 0 Å². The van der Waals surface area contributed by atoms with Gasteiger partial charge in [-0.2, -0.15) is 0 Å².